The van der Waals surface area contributed by atoms with E-state index >= 15 is 4.39 Å². The average Bonchev–Trinajstić information content (AvgIpc) is 3.76. The number of aromatic nitrogens is 2. The molecule has 1 aliphatic carbocycles. The number of urea groups is 1. The fourth-order valence-corrected chi connectivity index (χ4v) is 4.83. The molecule has 1 saturated carbocycles. The van der Waals surface area contributed by atoms with Gasteiger partial charge in [0.15, 0.2) is 11.9 Å². The lowest BCUT2D eigenvalue weighted by Gasteiger charge is -2.32. The molecule has 1 aliphatic heterocycles. The van der Waals surface area contributed by atoms with E-state index in [4.69, 9.17) is 10.00 Å². The van der Waals surface area contributed by atoms with Crippen molar-refractivity contribution in [1.82, 2.24) is 14.0 Å². The smallest absolute Gasteiger partial charge is 0.331 e. The van der Waals surface area contributed by atoms with E-state index in [0.29, 0.717) is 0 Å². The third-order valence-corrected chi connectivity index (χ3v) is 7.17. The number of halogens is 2. The Morgan fingerprint density at radius 1 is 1.15 bits per heavy atom. The molecule has 0 bridgehead atoms. The van der Waals surface area contributed by atoms with Crippen molar-refractivity contribution in [2.45, 2.75) is 45.4 Å². The van der Waals surface area contributed by atoms with Gasteiger partial charge >= 0.3 is 11.7 Å². The van der Waals surface area contributed by atoms with Crippen molar-refractivity contribution in [2.24, 2.45) is 5.92 Å². The van der Waals surface area contributed by atoms with Gasteiger partial charge in [-0.15, -0.1) is 0 Å². The van der Waals surface area contributed by atoms with Crippen molar-refractivity contribution in [3.63, 3.8) is 0 Å². The van der Waals surface area contributed by atoms with Gasteiger partial charge in [0.25, 0.3) is 11.5 Å². The van der Waals surface area contributed by atoms with Crippen LogP contribution in [0.4, 0.5) is 25.0 Å². The molecule has 3 amide bonds. The Balaban J connectivity index is 1.35. The van der Waals surface area contributed by atoms with Gasteiger partial charge in [-0.05, 0) is 62.9 Å². The van der Waals surface area contributed by atoms with Crippen LogP contribution < -0.4 is 21.9 Å². The summed E-state index contributed by atoms with van der Waals surface area (Å²) in [6, 6.07) is 6.96. The molecular formula is C28H28F2N6O5. The van der Waals surface area contributed by atoms with Crippen LogP contribution in [0.15, 0.2) is 39.9 Å². The summed E-state index contributed by atoms with van der Waals surface area (Å²) in [6.07, 6.45) is 0.699. The number of rotatable bonds is 6. The lowest BCUT2D eigenvalue weighted by atomic mass is 10.1. The highest BCUT2D eigenvalue weighted by Crippen LogP contribution is 2.30. The molecule has 2 fully saturated rings. The van der Waals surface area contributed by atoms with Crippen molar-refractivity contribution in [2.75, 3.05) is 30.3 Å². The molecule has 41 heavy (non-hydrogen) atoms. The number of nitrogens with zero attached hydrogens (tertiary/aromatic N) is 4. The van der Waals surface area contributed by atoms with E-state index in [1.165, 1.54) is 33.7 Å². The van der Waals surface area contributed by atoms with Crippen LogP contribution >= 0.6 is 0 Å². The quantitative estimate of drug-likeness (QED) is 0.470. The number of anilines is 2. The topological polar surface area (TPSA) is 138 Å². The number of nitrogens with one attached hydrogen (secondary N) is 2. The number of morpholine rings is 1. The highest BCUT2D eigenvalue weighted by molar-refractivity contribution is 5.96. The standard InChI is InChI=1S/C28H28F2N6O5/c1-15(2)36-21-8-7-20(24(30)23(21)26(38)35(28(36)40)13-16-3-4-16)33-27(39)34-9-10-41-22(14-34)25(37)32-18-6-5-17(12-31)19(29)11-18/h5-8,11,15-16,22H,3-4,9-10,13-14H2,1-2H3,(H,32,37)(H,33,39)/t22-/m1/s1. The number of amides is 3. The van der Waals surface area contributed by atoms with Crippen LogP contribution in [0.25, 0.3) is 10.9 Å². The lowest BCUT2D eigenvalue weighted by molar-refractivity contribution is -0.131. The molecule has 0 unspecified atom stereocenters. The zero-order valence-corrected chi connectivity index (χ0v) is 22.4. The molecule has 2 aromatic carbocycles. The molecule has 1 aromatic heterocycles. The highest BCUT2D eigenvalue weighted by atomic mass is 19.1. The van der Waals surface area contributed by atoms with Crippen molar-refractivity contribution in [1.29, 1.82) is 5.26 Å². The van der Waals surface area contributed by atoms with Crippen LogP contribution in [-0.2, 0) is 16.1 Å². The van der Waals surface area contributed by atoms with Gasteiger partial charge in [-0.3, -0.25) is 18.7 Å². The SMILES string of the molecule is CC(C)n1c(=O)n(CC2CC2)c(=O)c2c(F)c(NC(=O)N3CCO[C@@H](C(=O)Nc4ccc(C#N)c(F)c4)C3)ccc21. The molecule has 1 saturated heterocycles. The van der Waals surface area contributed by atoms with Gasteiger partial charge < -0.3 is 20.3 Å². The number of hydrogen-bond acceptors (Lipinski definition) is 6. The molecular weight excluding hydrogens is 538 g/mol. The minimum absolute atomic E-state index is 0.0139. The van der Waals surface area contributed by atoms with E-state index in [1.807, 2.05) is 0 Å². The minimum atomic E-state index is -1.09. The minimum Gasteiger partial charge on any atom is -0.365 e. The van der Waals surface area contributed by atoms with E-state index in [-0.39, 0.29) is 66.0 Å². The van der Waals surface area contributed by atoms with Gasteiger partial charge in [0.05, 0.1) is 29.9 Å². The first-order valence-corrected chi connectivity index (χ1v) is 13.2. The Morgan fingerprint density at radius 3 is 2.56 bits per heavy atom. The zero-order valence-electron chi connectivity index (χ0n) is 22.4. The van der Waals surface area contributed by atoms with Crippen molar-refractivity contribution in [3.8, 4) is 6.07 Å². The second-order valence-corrected chi connectivity index (χ2v) is 10.5. The largest absolute Gasteiger partial charge is 0.365 e. The van der Waals surface area contributed by atoms with Crippen LogP contribution in [0, 0.1) is 28.9 Å². The molecule has 0 spiro atoms. The van der Waals surface area contributed by atoms with Crippen molar-refractivity contribution >= 4 is 34.2 Å². The molecule has 2 aliphatic rings. The predicted octanol–water partition coefficient (Wildman–Crippen LogP) is 3.18. The van der Waals surface area contributed by atoms with Crippen molar-refractivity contribution in [3.05, 3.63) is 68.4 Å². The van der Waals surface area contributed by atoms with E-state index in [1.54, 1.807) is 19.9 Å². The van der Waals surface area contributed by atoms with E-state index in [2.05, 4.69) is 10.6 Å². The molecule has 3 aromatic rings. The third-order valence-electron chi connectivity index (χ3n) is 7.17. The monoisotopic (exact) mass is 566 g/mol. The first-order valence-electron chi connectivity index (χ1n) is 13.2. The van der Waals surface area contributed by atoms with Crippen LogP contribution in [0.1, 0.15) is 38.3 Å². The predicted molar refractivity (Wildman–Crippen MR) is 146 cm³/mol. The Bertz CT molecular complexity index is 1710. The third kappa shape index (κ3) is 5.55. The molecule has 2 N–H and O–H groups in total. The molecule has 0 radical (unpaired) electrons. The second-order valence-electron chi connectivity index (χ2n) is 10.5. The Kier molecular flexibility index (Phi) is 7.59. The van der Waals surface area contributed by atoms with Crippen LogP contribution in [-0.4, -0.2) is 51.8 Å². The summed E-state index contributed by atoms with van der Waals surface area (Å²) in [4.78, 5) is 53.4. The Morgan fingerprint density at radius 2 is 1.90 bits per heavy atom. The fraction of sp³-hybridized carbons (Fsp3) is 0.393. The molecule has 13 heteroatoms. The maximum Gasteiger partial charge on any atom is 0.331 e. The molecule has 1 atom stereocenters. The Hall–Kier alpha value is -4.57. The first-order chi connectivity index (χ1) is 19.6. The number of hydrogen-bond donors (Lipinski definition) is 2. The number of nitriles is 1. The highest BCUT2D eigenvalue weighted by Gasteiger charge is 2.31. The Labute approximate surface area is 232 Å². The second kappa shape index (κ2) is 11.1. The van der Waals surface area contributed by atoms with Crippen molar-refractivity contribution < 1.29 is 23.1 Å². The number of benzene rings is 2. The maximum atomic E-state index is 15.8. The van der Waals surface area contributed by atoms with E-state index in [9.17, 15) is 23.6 Å². The zero-order chi connectivity index (χ0) is 29.4. The van der Waals surface area contributed by atoms with Gasteiger partial charge in [0, 0.05) is 24.8 Å². The number of carbonyl (C=O) groups excluding carboxylic acids is 2. The number of fused-ring (bicyclic) bond motifs is 1. The molecule has 11 nitrogen and oxygen atoms in total. The van der Waals surface area contributed by atoms with Gasteiger partial charge in [-0.1, -0.05) is 0 Å². The number of ether oxygens (including phenoxy) is 1. The molecule has 5 rings (SSSR count). The summed E-state index contributed by atoms with van der Waals surface area (Å²) in [7, 11) is 0. The van der Waals surface area contributed by atoms with Crippen LogP contribution in [0.5, 0.6) is 0 Å². The average molecular weight is 567 g/mol. The van der Waals surface area contributed by atoms with Gasteiger partial charge in [-0.25, -0.2) is 18.4 Å². The summed E-state index contributed by atoms with van der Waals surface area (Å²) < 4.78 is 37.6. The van der Waals surface area contributed by atoms with Crippen LogP contribution in [0.3, 0.4) is 0 Å². The van der Waals surface area contributed by atoms with Gasteiger partial charge in [-0.2, -0.15) is 5.26 Å². The van der Waals surface area contributed by atoms with Gasteiger partial charge in [0.1, 0.15) is 17.3 Å². The summed E-state index contributed by atoms with van der Waals surface area (Å²) in [5, 5.41) is 13.5. The van der Waals surface area contributed by atoms with Gasteiger partial charge in [0.2, 0.25) is 0 Å². The van der Waals surface area contributed by atoms with Crippen LogP contribution in [0.2, 0.25) is 0 Å². The first kappa shape index (κ1) is 28.0. The maximum absolute atomic E-state index is 15.8. The lowest BCUT2D eigenvalue weighted by Crippen LogP contribution is -2.51. The molecule has 2 heterocycles. The van der Waals surface area contributed by atoms with E-state index < -0.39 is 40.9 Å². The normalized spacial score (nSPS) is 17.0. The summed E-state index contributed by atoms with van der Waals surface area (Å²) >= 11 is 0. The summed E-state index contributed by atoms with van der Waals surface area (Å²) in [5.41, 5.74) is -1.41. The summed E-state index contributed by atoms with van der Waals surface area (Å²) in [6.45, 7) is 3.69. The summed E-state index contributed by atoms with van der Waals surface area (Å²) in [5.74, 6) is -2.18. The molecule has 214 valence electrons. The number of carbonyl (C=O) groups is 2. The fourth-order valence-electron chi connectivity index (χ4n) is 4.83. The van der Waals surface area contributed by atoms with E-state index in [0.717, 1.165) is 23.5 Å².